The van der Waals surface area contributed by atoms with Gasteiger partial charge in [-0.15, -0.1) is 0 Å². The molecule has 0 spiro atoms. The topological polar surface area (TPSA) is 29.1 Å². The van der Waals surface area contributed by atoms with Gasteiger partial charge in [0.1, 0.15) is 5.82 Å². The predicted molar refractivity (Wildman–Crippen MR) is 78.5 cm³/mol. The van der Waals surface area contributed by atoms with Crippen molar-refractivity contribution in [2.45, 2.75) is 0 Å². The van der Waals surface area contributed by atoms with Gasteiger partial charge in [-0.1, -0.05) is 45.2 Å². The second-order valence-corrected chi connectivity index (χ2v) is 5.44. The van der Waals surface area contributed by atoms with Gasteiger partial charge in [0.15, 0.2) is 0 Å². The SMILES string of the molecule is O=C(Nc1cccc(Br)c1)c1cc(F)c(Cl)cc1Cl. The lowest BCUT2D eigenvalue weighted by atomic mass is 10.2. The van der Waals surface area contributed by atoms with Crippen LogP contribution < -0.4 is 5.32 Å². The molecule has 0 bridgehead atoms. The number of amides is 1. The van der Waals surface area contributed by atoms with Crippen LogP contribution in [0.5, 0.6) is 0 Å². The summed E-state index contributed by atoms with van der Waals surface area (Å²) in [5.74, 6) is -1.19. The Bertz CT molecular complexity index is 649. The highest BCUT2D eigenvalue weighted by molar-refractivity contribution is 9.10. The monoisotopic (exact) mass is 361 g/mol. The lowest BCUT2D eigenvalue weighted by Gasteiger charge is -2.08. The van der Waals surface area contributed by atoms with E-state index in [9.17, 15) is 9.18 Å². The Morgan fingerprint density at radius 1 is 1.16 bits per heavy atom. The van der Waals surface area contributed by atoms with Gasteiger partial charge in [-0.05, 0) is 30.3 Å². The van der Waals surface area contributed by atoms with Crippen LogP contribution in [0.4, 0.5) is 10.1 Å². The van der Waals surface area contributed by atoms with Crippen LogP contribution in [0.3, 0.4) is 0 Å². The summed E-state index contributed by atoms with van der Waals surface area (Å²) in [6, 6.07) is 9.24. The smallest absolute Gasteiger partial charge is 0.257 e. The van der Waals surface area contributed by atoms with E-state index in [4.69, 9.17) is 23.2 Å². The first-order valence-electron chi connectivity index (χ1n) is 5.19. The zero-order chi connectivity index (χ0) is 14.0. The first-order valence-corrected chi connectivity index (χ1v) is 6.74. The van der Waals surface area contributed by atoms with Crippen molar-refractivity contribution >= 4 is 50.7 Å². The van der Waals surface area contributed by atoms with Crippen LogP contribution >= 0.6 is 39.1 Å². The fraction of sp³-hybridized carbons (Fsp3) is 0. The Labute approximate surface area is 127 Å². The molecular weight excluding hydrogens is 356 g/mol. The Morgan fingerprint density at radius 3 is 2.58 bits per heavy atom. The van der Waals surface area contributed by atoms with Gasteiger partial charge in [-0.3, -0.25) is 4.79 Å². The molecule has 2 aromatic rings. The van der Waals surface area contributed by atoms with E-state index in [0.717, 1.165) is 10.5 Å². The van der Waals surface area contributed by atoms with Crippen LogP contribution in [0.2, 0.25) is 10.0 Å². The Hall–Kier alpha value is -1.10. The minimum Gasteiger partial charge on any atom is -0.322 e. The number of benzene rings is 2. The number of nitrogens with one attached hydrogen (secondary N) is 1. The van der Waals surface area contributed by atoms with Crippen molar-refractivity contribution in [1.82, 2.24) is 0 Å². The average Bonchev–Trinajstić information content (AvgIpc) is 2.33. The predicted octanol–water partition coefficient (Wildman–Crippen LogP) is 5.15. The molecule has 0 heterocycles. The molecule has 0 aromatic heterocycles. The highest BCUT2D eigenvalue weighted by Crippen LogP contribution is 2.25. The Balaban J connectivity index is 2.28. The van der Waals surface area contributed by atoms with Crippen LogP contribution in [-0.2, 0) is 0 Å². The molecule has 0 unspecified atom stereocenters. The summed E-state index contributed by atoms with van der Waals surface area (Å²) in [6.45, 7) is 0. The maximum absolute atomic E-state index is 13.3. The molecule has 1 amide bonds. The molecule has 0 aliphatic heterocycles. The molecule has 0 saturated carbocycles. The third-order valence-electron chi connectivity index (χ3n) is 2.34. The largest absolute Gasteiger partial charge is 0.322 e. The quantitative estimate of drug-likeness (QED) is 0.735. The van der Waals surface area contributed by atoms with Crippen LogP contribution in [0, 0.1) is 5.82 Å². The molecule has 19 heavy (non-hydrogen) atoms. The number of hydrogen-bond donors (Lipinski definition) is 1. The second-order valence-electron chi connectivity index (χ2n) is 3.71. The van der Waals surface area contributed by atoms with Gasteiger partial charge >= 0.3 is 0 Å². The molecular formula is C13H7BrCl2FNO. The second kappa shape index (κ2) is 5.90. The van der Waals surface area contributed by atoms with Crippen LogP contribution in [-0.4, -0.2) is 5.91 Å². The lowest BCUT2D eigenvalue weighted by molar-refractivity contribution is 0.102. The first-order chi connectivity index (χ1) is 8.97. The van der Waals surface area contributed by atoms with Gasteiger partial charge in [0.05, 0.1) is 15.6 Å². The average molecular weight is 363 g/mol. The van der Waals surface area contributed by atoms with Gasteiger partial charge in [-0.2, -0.15) is 0 Å². The molecule has 6 heteroatoms. The number of carbonyl (C=O) groups is 1. The van der Waals surface area contributed by atoms with E-state index in [1.807, 2.05) is 6.07 Å². The summed E-state index contributed by atoms with van der Waals surface area (Å²) in [5, 5.41) is 2.60. The normalized spacial score (nSPS) is 10.3. The van der Waals surface area contributed by atoms with E-state index >= 15 is 0 Å². The van der Waals surface area contributed by atoms with Gasteiger partial charge in [0, 0.05) is 10.2 Å². The van der Waals surface area contributed by atoms with E-state index < -0.39 is 11.7 Å². The van der Waals surface area contributed by atoms with E-state index in [-0.39, 0.29) is 15.6 Å². The van der Waals surface area contributed by atoms with E-state index in [1.54, 1.807) is 18.2 Å². The molecule has 2 nitrogen and oxygen atoms in total. The van der Waals surface area contributed by atoms with Crippen molar-refractivity contribution in [2.24, 2.45) is 0 Å². The van der Waals surface area contributed by atoms with Gasteiger partial charge in [-0.25, -0.2) is 4.39 Å². The van der Waals surface area contributed by atoms with E-state index in [2.05, 4.69) is 21.2 Å². The van der Waals surface area contributed by atoms with E-state index in [0.29, 0.717) is 5.69 Å². The zero-order valence-electron chi connectivity index (χ0n) is 9.38. The molecule has 1 N–H and O–H groups in total. The highest BCUT2D eigenvalue weighted by atomic mass is 79.9. The summed E-state index contributed by atoms with van der Waals surface area (Å²) in [4.78, 5) is 12.0. The Kier molecular flexibility index (Phi) is 4.45. The number of carbonyl (C=O) groups excluding carboxylic acids is 1. The number of anilines is 1. The molecule has 0 atom stereocenters. The summed E-state index contributed by atoms with van der Waals surface area (Å²) < 4.78 is 14.2. The molecule has 0 aliphatic carbocycles. The lowest BCUT2D eigenvalue weighted by Crippen LogP contribution is -2.12. The molecule has 0 saturated heterocycles. The van der Waals surface area contributed by atoms with Gasteiger partial charge < -0.3 is 5.32 Å². The molecule has 0 aliphatic rings. The van der Waals surface area contributed by atoms with Crippen molar-refractivity contribution in [3.05, 3.63) is 62.3 Å². The van der Waals surface area contributed by atoms with Crippen LogP contribution in [0.25, 0.3) is 0 Å². The Morgan fingerprint density at radius 2 is 1.89 bits per heavy atom. The summed E-state index contributed by atoms with van der Waals surface area (Å²) in [5.41, 5.74) is 0.606. The fourth-order valence-corrected chi connectivity index (χ4v) is 2.33. The minimum absolute atomic E-state index is 0.0311. The standard InChI is InChI=1S/C13H7BrCl2FNO/c14-7-2-1-3-8(4-7)18-13(19)9-5-12(17)11(16)6-10(9)15/h1-6H,(H,18,19). The zero-order valence-corrected chi connectivity index (χ0v) is 12.5. The van der Waals surface area contributed by atoms with Gasteiger partial charge in [0.2, 0.25) is 0 Å². The summed E-state index contributed by atoms with van der Waals surface area (Å²) in [7, 11) is 0. The molecule has 98 valence electrons. The van der Waals surface area contributed by atoms with Crippen molar-refractivity contribution in [3.63, 3.8) is 0 Å². The minimum atomic E-state index is -0.689. The summed E-state index contributed by atoms with van der Waals surface area (Å²) in [6.07, 6.45) is 0. The van der Waals surface area contributed by atoms with Crippen molar-refractivity contribution in [2.75, 3.05) is 5.32 Å². The third-order valence-corrected chi connectivity index (χ3v) is 3.43. The van der Waals surface area contributed by atoms with Crippen molar-refractivity contribution in [1.29, 1.82) is 0 Å². The van der Waals surface area contributed by atoms with Crippen molar-refractivity contribution < 1.29 is 9.18 Å². The van der Waals surface area contributed by atoms with Crippen LogP contribution in [0.1, 0.15) is 10.4 Å². The van der Waals surface area contributed by atoms with Gasteiger partial charge in [0.25, 0.3) is 5.91 Å². The molecule has 2 rings (SSSR count). The van der Waals surface area contributed by atoms with Crippen LogP contribution in [0.15, 0.2) is 40.9 Å². The fourth-order valence-electron chi connectivity index (χ4n) is 1.46. The molecule has 0 fully saturated rings. The number of halogens is 4. The maximum Gasteiger partial charge on any atom is 0.257 e. The molecule has 0 radical (unpaired) electrons. The maximum atomic E-state index is 13.3. The van der Waals surface area contributed by atoms with E-state index in [1.165, 1.54) is 6.07 Å². The number of rotatable bonds is 2. The molecule has 2 aromatic carbocycles. The van der Waals surface area contributed by atoms with Crippen molar-refractivity contribution in [3.8, 4) is 0 Å². The summed E-state index contributed by atoms with van der Waals surface area (Å²) >= 11 is 14.7. The first kappa shape index (κ1) is 14.3. The number of hydrogen-bond acceptors (Lipinski definition) is 1. The third kappa shape index (κ3) is 3.47. The highest BCUT2D eigenvalue weighted by Gasteiger charge is 2.14.